The molecule has 0 unspecified atom stereocenters. The van der Waals surface area contributed by atoms with Gasteiger partial charge in [0, 0.05) is 15.4 Å². The van der Waals surface area contributed by atoms with Crippen LogP contribution in [0.1, 0.15) is 11.3 Å². The van der Waals surface area contributed by atoms with Crippen LogP contribution in [-0.4, -0.2) is 18.3 Å². The van der Waals surface area contributed by atoms with Gasteiger partial charge in [-0.05, 0) is 57.6 Å². The molecule has 0 aliphatic carbocycles. The molecule has 0 bridgehead atoms. The van der Waals surface area contributed by atoms with Gasteiger partial charge in [-0.15, -0.1) is 11.3 Å². The average Bonchev–Trinajstić information content (AvgIpc) is 2.79. The highest BCUT2D eigenvalue weighted by molar-refractivity contribution is 14.1. The highest BCUT2D eigenvalue weighted by Crippen LogP contribution is 2.27. The van der Waals surface area contributed by atoms with Crippen LogP contribution in [-0.2, 0) is 0 Å². The van der Waals surface area contributed by atoms with Crippen LogP contribution in [0.2, 0.25) is 0 Å². The number of aromatic nitrogens is 1. The summed E-state index contributed by atoms with van der Waals surface area (Å²) < 4.78 is 7.22. The zero-order valence-corrected chi connectivity index (χ0v) is 14.8. The van der Waals surface area contributed by atoms with Crippen molar-refractivity contribution in [2.45, 2.75) is 6.92 Å². The fourth-order valence-corrected chi connectivity index (χ4v) is 3.13. The predicted molar refractivity (Wildman–Crippen MR) is 91.5 cm³/mol. The maximum atomic E-state index is 5.25. The number of hydrogen-bond acceptors (Lipinski definition) is 5. The minimum absolute atomic E-state index is 0.785. The normalized spacial score (nSPS) is 10.9. The largest absolute Gasteiger partial charge is 0.496 e. The Kier molecular flexibility index (Phi) is 5.17. The van der Waals surface area contributed by atoms with E-state index in [0.717, 1.165) is 30.2 Å². The number of nitrogens with one attached hydrogen (secondary N) is 1. The highest BCUT2D eigenvalue weighted by Gasteiger charge is 2.05. The second-order valence-corrected chi connectivity index (χ2v) is 6.55. The molecule has 0 aliphatic rings. The number of benzene rings is 1. The Morgan fingerprint density at radius 3 is 2.95 bits per heavy atom. The Morgan fingerprint density at radius 1 is 1.53 bits per heavy atom. The fraction of sp³-hybridized carbons (Fsp3) is 0.167. The second-order valence-electron chi connectivity index (χ2n) is 3.67. The Hall–Kier alpha value is -0.670. The van der Waals surface area contributed by atoms with Crippen molar-refractivity contribution in [3.8, 4) is 5.75 Å². The van der Waals surface area contributed by atoms with Crippen molar-refractivity contribution in [1.29, 1.82) is 0 Å². The van der Waals surface area contributed by atoms with Crippen LogP contribution < -0.4 is 10.2 Å². The van der Waals surface area contributed by atoms with Gasteiger partial charge in [-0.2, -0.15) is 5.10 Å². The second kappa shape index (κ2) is 6.67. The van der Waals surface area contributed by atoms with Gasteiger partial charge < -0.3 is 4.74 Å². The van der Waals surface area contributed by atoms with Gasteiger partial charge in [0.25, 0.3) is 0 Å². The van der Waals surface area contributed by atoms with Crippen LogP contribution in [0.4, 0.5) is 5.13 Å². The first-order valence-electron chi connectivity index (χ1n) is 5.34. The zero-order chi connectivity index (χ0) is 13.8. The van der Waals surface area contributed by atoms with E-state index in [1.807, 2.05) is 24.4 Å². The van der Waals surface area contributed by atoms with E-state index in [9.17, 15) is 0 Å². The van der Waals surface area contributed by atoms with E-state index >= 15 is 0 Å². The highest BCUT2D eigenvalue weighted by atomic mass is 127. The van der Waals surface area contributed by atoms with Crippen molar-refractivity contribution in [3.63, 3.8) is 0 Å². The summed E-state index contributed by atoms with van der Waals surface area (Å²) in [6.07, 6.45) is 1.75. The molecule has 0 radical (unpaired) electrons. The van der Waals surface area contributed by atoms with Gasteiger partial charge in [0.2, 0.25) is 5.13 Å². The van der Waals surface area contributed by atoms with E-state index in [1.165, 1.54) is 11.3 Å². The van der Waals surface area contributed by atoms with E-state index in [2.05, 4.69) is 54.0 Å². The summed E-state index contributed by atoms with van der Waals surface area (Å²) in [6.45, 7) is 1.95. The summed E-state index contributed by atoms with van der Waals surface area (Å²) in [7, 11) is 1.66. The average molecular weight is 452 g/mol. The first-order chi connectivity index (χ1) is 9.10. The maximum absolute atomic E-state index is 5.25. The number of rotatable bonds is 4. The molecule has 0 aliphatic heterocycles. The lowest BCUT2D eigenvalue weighted by Crippen LogP contribution is -1.94. The molecular formula is C12H11BrIN3OS. The minimum atomic E-state index is 0.785. The molecule has 2 rings (SSSR count). The quantitative estimate of drug-likeness (QED) is 0.429. The lowest BCUT2D eigenvalue weighted by molar-refractivity contribution is 0.411. The van der Waals surface area contributed by atoms with Crippen LogP contribution in [0.15, 0.2) is 27.1 Å². The molecule has 0 atom stereocenters. The van der Waals surface area contributed by atoms with Crippen molar-refractivity contribution in [2.75, 3.05) is 12.5 Å². The van der Waals surface area contributed by atoms with E-state index < -0.39 is 0 Å². The maximum Gasteiger partial charge on any atom is 0.203 e. The zero-order valence-electron chi connectivity index (χ0n) is 10.3. The van der Waals surface area contributed by atoms with Crippen molar-refractivity contribution in [2.24, 2.45) is 5.10 Å². The molecule has 4 nitrogen and oxygen atoms in total. The first kappa shape index (κ1) is 14.7. The Morgan fingerprint density at radius 2 is 2.32 bits per heavy atom. The summed E-state index contributed by atoms with van der Waals surface area (Å²) in [5.41, 5.74) is 4.88. The molecule has 1 heterocycles. The topological polar surface area (TPSA) is 46.5 Å². The molecule has 7 heteroatoms. The van der Waals surface area contributed by atoms with Gasteiger partial charge in [-0.3, -0.25) is 5.43 Å². The monoisotopic (exact) mass is 451 g/mol. The third kappa shape index (κ3) is 3.90. The van der Waals surface area contributed by atoms with Crippen molar-refractivity contribution >= 4 is 61.2 Å². The van der Waals surface area contributed by atoms with Gasteiger partial charge >= 0.3 is 0 Å². The summed E-state index contributed by atoms with van der Waals surface area (Å²) in [4.78, 5) is 4.27. The SMILES string of the molecule is COc1cc(Br)c(C=NNc2nc(C)cs2)cc1I. The molecule has 1 aromatic carbocycles. The Bertz CT molecular complexity index is 615. The van der Waals surface area contributed by atoms with E-state index in [-0.39, 0.29) is 0 Å². The minimum Gasteiger partial charge on any atom is -0.496 e. The number of nitrogens with zero attached hydrogens (tertiary/aromatic N) is 2. The number of aryl methyl sites for hydroxylation is 1. The molecular weight excluding hydrogens is 441 g/mol. The van der Waals surface area contributed by atoms with Gasteiger partial charge in [0.05, 0.1) is 22.6 Å². The van der Waals surface area contributed by atoms with Gasteiger partial charge in [0.15, 0.2) is 0 Å². The lowest BCUT2D eigenvalue weighted by atomic mass is 10.2. The molecule has 0 fully saturated rings. The van der Waals surface area contributed by atoms with Gasteiger partial charge in [0.1, 0.15) is 5.75 Å². The van der Waals surface area contributed by atoms with Gasteiger partial charge in [-0.25, -0.2) is 4.98 Å². The van der Waals surface area contributed by atoms with Crippen LogP contribution >= 0.6 is 49.9 Å². The summed E-state index contributed by atoms with van der Waals surface area (Å²) >= 11 is 7.26. The molecule has 1 aromatic heterocycles. The molecule has 0 amide bonds. The van der Waals surface area contributed by atoms with Crippen LogP contribution in [0.5, 0.6) is 5.75 Å². The predicted octanol–water partition coefficient (Wildman–Crippen LogP) is 4.27. The first-order valence-corrected chi connectivity index (χ1v) is 8.09. The Labute approximate surface area is 137 Å². The number of methoxy groups -OCH3 is 1. The smallest absolute Gasteiger partial charge is 0.203 e. The number of thiazole rings is 1. The third-order valence-electron chi connectivity index (χ3n) is 2.25. The van der Waals surface area contributed by atoms with Crippen molar-refractivity contribution < 1.29 is 4.74 Å². The summed E-state index contributed by atoms with van der Waals surface area (Å²) in [6, 6.07) is 3.93. The molecule has 2 aromatic rings. The van der Waals surface area contributed by atoms with E-state index in [0.29, 0.717) is 0 Å². The van der Waals surface area contributed by atoms with E-state index in [1.54, 1.807) is 13.3 Å². The number of hydrazone groups is 1. The standard InChI is InChI=1S/C12H11BrIN3OS/c1-7-6-19-12(16-7)17-15-5-8-3-10(14)11(18-2)4-9(8)13/h3-6H,1-2H3,(H,16,17). The molecule has 0 saturated carbocycles. The fourth-order valence-electron chi connectivity index (χ4n) is 1.36. The van der Waals surface area contributed by atoms with Gasteiger partial charge in [-0.1, -0.05) is 0 Å². The number of halogens is 2. The Balaban J connectivity index is 2.12. The molecule has 0 saturated heterocycles. The van der Waals surface area contributed by atoms with Crippen LogP contribution in [0, 0.1) is 10.5 Å². The number of anilines is 1. The summed E-state index contributed by atoms with van der Waals surface area (Å²) in [5, 5.41) is 6.94. The molecule has 1 N–H and O–H groups in total. The van der Waals surface area contributed by atoms with Crippen molar-refractivity contribution in [3.05, 3.63) is 36.8 Å². The molecule has 0 spiro atoms. The number of hydrogen-bond donors (Lipinski definition) is 1. The molecule has 19 heavy (non-hydrogen) atoms. The summed E-state index contributed by atoms with van der Waals surface area (Å²) in [5.74, 6) is 0.841. The lowest BCUT2D eigenvalue weighted by Gasteiger charge is -2.06. The third-order valence-corrected chi connectivity index (χ3v) is 4.65. The van der Waals surface area contributed by atoms with Crippen LogP contribution in [0.3, 0.4) is 0 Å². The number of ether oxygens (including phenoxy) is 1. The van der Waals surface area contributed by atoms with E-state index in [4.69, 9.17) is 4.74 Å². The molecule has 100 valence electrons. The van der Waals surface area contributed by atoms with Crippen LogP contribution in [0.25, 0.3) is 0 Å². The van der Waals surface area contributed by atoms with Crippen molar-refractivity contribution in [1.82, 2.24) is 4.98 Å².